The van der Waals surface area contributed by atoms with Gasteiger partial charge in [0.1, 0.15) is 0 Å². The van der Waals surface area contributed by atoms with Crippen LogP contribution in [-0.2, 0) is 9.47 Å². The predicted octanol–water partition coefficient (Wildman–Crippen LogP) is 4.59. The molecule has 1 aliphatic carbocycles. The molecule has 0 spiro atoms. The number of ether oxygens (including phenoxy) is 2. The van der Waals surface area contributed by atoms with Gasteiger partial charge in [-0.3, -0.25) is 0 Å². The first-order chi connectivity index (χ1) is 8.62. The molecule has 0 unspecified atom stereocenters. The van der Waals surface area contributed by atoms with Gasteiger partial charge in [0.15, 0.2) is 0 Å². The van der Waals surface area contributed by atoms with Gasteiger partial charge in [-0.1, -0.05) is 42.4 Å². The normalized spacial score (nSPS) is 28.8. The highest BCUT2D eigenvalue weighted by molar-refractivity contribution is 14.1. The van der Waals surface area contributed by atoms with Crippen molar-refractivity contribution in [2.75, 3.05) is 17.6 Å². The fraction of sp³-hybridized carbons (Fsp3) is 1.00. The Morgan fingerprint density at radius 1 is 1.22 bits per heavy atom. The molecule has 3 heteroatoms. The second kappa shape index (κ2) is 8.75. The predicted molar refractivity (Wildman–Crippen MR) is 85.5 cm³/mol. The van der Waals surface area contributed by atoms with Crippen molar-refractivity contribution in [3.8, 4) is 0 Å². The molecule has 0 saturated heterocycles. The van der Waals surface area contributed by atoms with E-state index in [0.29, 0.717) is 6.10 Å². The van der Waals surface area contributed by atoms with E-state index in [-0.39, 0.29) is 5.60 Å². The highest BCUT2D eigenvalue weighted by atomic mass is 127. The van der Waals surface area contributed by atoms with Crippen molar-refractivity contribution >= 4 is 22.6 Å². The minimum atomic E-state index is 0.144. The average molecular weight is 368 g/mol. The van der Waals surface area contributed by atoms with Crippen LogP contribution in [0.25, 0.3) is 0 Å². The zero-order valence-electron chi connectivity index (χ0n) is 12.2. The number of hydrogen-bond acceptors (Lipinski definition) is 2. The molecule has 18 heavy (non-hydrogen) atoms. The van der Waals surface area contributed by atoms with Crippen molar-refractivity contribution in [2.24, 2.45) is 5.92 Å². The lowest BCUT2D eigenvalue weighted by Gasteiger charge is -2.39. The van der Waals surface area contributed by atoms with Crippen LogP contribution in [0.3, 0.4) is 0 Å². The van der Waals surface area contributed by atoms with Gasteiger partial charge in [0.2, 0.25) is 0 Å². The summed E-state index contributed by atoms with van der Waals surface area (Å²) in [5.41, 5.74) is 0.144. The number of hydrogen-bond donors (Lipinski definition) is 0. The third-order valence-electron chi connectivity index (χ3n) is 3.90. The summed E-state index contributed by atoms with van der Waals surface area (Å²) >= 11 is 2.49. The summed E-state index contributed by atoms with van der Waals surface area (Å²) in [4.78, 5) is 0. The molecule has 1 saturated carbocycles. The molecule has 1 fully saturated rings. The van der Waals surface area contributed by atoms with E-state index in [4.69, 9.17) is 9.47 Å². The molecule has 0 amide bonds. The summed E-state index contributed by atoms with van der Waals surface area (Å²) in [6.45, 7) is 7.92. The van der Waals surface area contributed by atoms with Crippen molar-refractivity contribution in [2.45, 2.75) is 71.0 Å². The molecule has 0 aliphatic heterocycles. The van der Waals surface area contributed by atoms with E-state index in [1.165, 1.54) is 38.5 Å². The Kier molecular flexibility index (Phi) is 8.12. The number of rotatable bonds is 8. The molecular weight excluding hydrogens is 339 g/mol. The molecule has 1 aliphatic rings. The van der Waals surface area contributed by atoms with Gasteiger partial charge in [0.25, 0.3) is 0 Å². The summed E-state index contributed by atoms with van der Waals surface area (Å²) in [6, 6.07) is 0. The Balaban J connectivity index is 2.27. The maximum Gasteiger partial charge on any atom is 0.0772 e. The molecule has 0 heterocycles. The first-order valence-corrected chi connectivity index (χ1v) is 8.96. The third-order valence-corrected chi connectivity index (χ3v) is 5.29. The van der Waals surface area contributed by atoms with Crippen LogP contribution in [-0.4, -0.2) is 29.3 Å². The topological polar surface area (TPSA) is 18.5 Å². The van der Waals surface area contributed by atoms with Gasteiger partial charge in [0.05, 0.1) is 24.9 Å². The highest BCUT2D eigenvalue weighted by Gasteiger charge is 2.34. The Labute approximate surface area is 126 Å². The van der Waals surface area contributed by atoms with E-state index in [0.717, 1.165) is 23.6 Å². The van der Waals surface area contributed by atoms with E-state index < -0.39 is 0 Å². The smallest absolute Gasteiger partial charge is 0.0772 e. The monoisotopic (exact) mass is 368 g/mol. The van der Waals surface area contributed by atoms with E-state index in [2.05, 4.69) is 43.4 Å². The maximum absolute atomic E-state index is 6.16. The second-order valence-corrected chi connectivity index (χ2v) is 6.58. The van der Waals surface area contributed by atoms with Crippen LogP contribution < -0.4 is 0 Å². The van der Waals surface area contributed by atoms with Gasteiger partial charge >= 0.3 is 0 Å². The molecule has 0 aromatic rings. The first kappa shape index (κ1) is 16.7. The van der Waals surface area contributed by atoms with Crippen LogP contribution in [0.1, 0.15) is 59.3 Å². The van der Waals surface area contributed by atoms with E-state index in [1.807, 2.05) is 0 Å². The summed E-state index contributed by atoms with van der Waals surface area (Å²) < 4.78 is 12.8. The third kappa shape index (κ3) is 5.74. The van der Waals surface area contributed by atoms with Crippen LogP contribution in [0.2, 0.25) is 0 Å². The van der Waals surface area contributed by atoms with Crippen LogP contribution in [0.4, 0.5) is 0 Å². The summed E-state index contributed by atoms with van der Waals surface area (Å²) in [7, 11) is 0. The lowest BCUT2D eigenvalue weighted by Crippen LogP contribution is -2.39. The van der Waals surface area contributed by atoms with Gasteiger partial charge < -0.3 is 9.47 Å². The molecule has 0 aromatic heterocycles. The van der Waals surface area contributed by atoms with Gasteiger partial charge in [-0.15, -0.1) is 0 Å². The molecule has 0 radical (unpaired) electrons. The summed E-state index contributed by atoms with van der Waals surface area (Å²) in [5.74, 6) is 0.946. The molecule has 0 aromatic carbocycles. The average Bonchev–Trinajstić information content (AvgIpc) is 2.37. The van der Waals surface area contributed by atoms with Crippen LogP contribution in [0, 0.1) is 5.92 Å². The minimum absolute atomic E-state index is 0.144. The first-order valence-electron chi connectivity index (χ1n) is 7.43. The number of halogens is 1. The lowest BCUT2D eigenvalue weighted by molar-refractivity contribution is -0.0839. The van der Waals surface area contributed by atoms with Gasteiger partial charge in [0, 0.05) is 4.43 Å². The molecule has 0 atom stereocenters. The Hall–Kier alpha value is 0.650. The zero-order chi connectivity index (χ0) is 13.4. The number of alkyl halides is 1. The van der Waals surface area contributed by atoms with Gasteiger partial charge in [-0.2, -0.15) is 0 Å². The lowest BCUT2D eigenvalue weighted by atomic mass is 9.78. The largest absolute Gasteiger partial charge is 0.376 e. The van der Waals surface area contributed by atoms with E-state index in [1.54, 1.807) is 0 Å². The minimum Gasteiger partial charge on any atom is -0.376 e. The molecule has 1 rings (SSSR count). The van der Waals surface area contributed by atoms with Crippen molar-refractivity contribution in [3.05, 3.63) is 0 Å². The Morgan fingerprint density at radius 3 is 2.39 bits per heavy atom. The van der Waals surface area contributed by atoms with Crippen molar-refractivity contribution in [3.63, 3.8) is 0 Å². The molecule has 0 bridgehead atoms. The SMILES string of the molecule is CCCC1CCC(CI)(OCCOC(C)C)CC1. The Bertz CT molecular complexity index is 211. The maximum atomic E-state index is 6.16. The molecule has 2 nitrogen and oxygen atoms in total. The van der Waals surface area contributed by atoms with Crippen LogP contribution in [0.15, 0.2) is 0 Å². The zero-order valence-corrected chi connectivity index (χ0v) is 14.4. The quantitative estimate of drug-likeness (QED) is 0.354. The van der Waals surface area contributed by atoms with Crippen LogP contribution in [0.5, 0.6) is 0 Å². The van der Waals surface area contributed by atoms with E-state index in [9.17, 15) is 0 Å². The fourth-order valence-electron chi connectivity index (χ4n) is 2.76. The van der Waals surface area contributed by atoms with Crippen molar-refractivity contribution in [1.29, 1.82) is 0 Å². The van der Waals surface area contributed by atoms with E-state index >= 15 is 0 Å². The standard InChI is InChI=1S/C15H29IO2/c1-4-5-14-6-8-15(12-16,9-7-14)18-11-10-17-13(2)3/h13-14H,4-12H2,1-3H3. The molecular formula is C15H29IO2. The molecule has 0 N–H and O–H groups in total. The van der Waals surface area contributed by atoms with Crippen LogP contribution >= 0.6 is 22.6 Å². The van der Waals surface area contributed by atoms with Crippen molar-refractivity contribution in [1.82, 2.24) is 0 Å². The summed E-state index contributed by atoms with van der Waals surface area (Å²) in [5, 5.41) is 0. The van der Waals surface area contributed by atoms with Gasteiger partial charge in [-0.25, -0.2) is 0 Å². The van der Waals surface area contributed by atoms with Gasteiger partial charge in [-0.05, 0) is 45.4 Å². The molecule has 108 valence electrons. The second-order valence-electron chi connectivity index (χ2n) is 5.82. The highest BCUT2D eigenvalue weighted by Crippen LogP contribution is 2.38. The Morgan fingerprint density at radius 2 is 1.89 bits per heavy atom. The van der Waals surface area contributed by atoms with Crippen molar-refractivity contribution < 1.29 is 9.47 Å². The fourth-order valence-corrected chi connectivity index (χ4v) is 3.74. The summed E-state index contributed by atoms with van der Waals surface area (Å²) in [6.07, 6.45) is 8.21.